The molecule has 0 unspecified atom stereocenters. The molecule has 0 radical (unpaired) electrons. The van der Waals surface area contributed by atoms with Gasteiger partial charge in [0.15, 0.2) is 11.6 Å². The zero-order chi connectivity index (χ0) is 18.3. The molecule has 1 aliphatic heterocycles. The molecule has 0 bridgehead atoms. The van der Waals surface area contributed by atoms with E-state index in [1.165, 1.54) is 12.1 Å². The minimum atomic E-state index is -0.305. The number of aromatic hydroxyl groups is 1. The first-order valence-electron chi connectivity index (χ1n) is 8.62. The minimum absolute atomic E-state index is 0.147. The van der Waals surface area contributed by atoms with Crippen LogP contribution in [0.5, 0.6) is 5.75 Å². The fourth-order valence-corrected chi connectivity index (χ4v) is 3.57. The number of amides is 1. The van der Waals surface area contributed by atoms with Crippen molar-refractivity contribution >= 4 is 23.2 Å². The van der Waals surface area contributed by atoms with Crippen LogP contribution >= 0.6 is 0 Å². The molecular formula is C20H18N2O4. The topological polar surface area (TPSA) is 86.7 Å². The van der Waals surface area contributed by atoms with Gasteiger partial charge in [-0.05, 0) is 38.1 Å². The molecule has 26 heavy (non-hydrogen) atoms. The lowest BCUT2D eigenvalue weighted by Crippen LogP contribution is -2.31. The second-order valence-electron chi connectivity index (χ2n) is 6.65. The monoisotopic (exact) mass is 350 g/mol. The first-order valence-corrected chi connectivity index (χ1v) is 8.62. The molecule has 2 aromatic rings. The maximum atomic E-state index is 12.7. The number of phenolic OH excluding ortho intramolecular Hbond substituents is 1. The third-order valence-corrected chi connectivity index (χ3v) is 4.88. The molecule has 2 aromatic carbocycles. The molecule has 1 aliphatic carbocycles. The summed E-state index contributed by atoms with van der Waals surface area (Å²) in [6.45, 7) is 2.01. The highest BCUT2D eigenvalue weighted by atomic mass is 16.3. The molecule has 6 heteroatoms. The van der Waals surface area contributed by atoms with E-state index in [-0.39, 0.29) is 46.6 Å². The highest BCUT2D eigenvalue weighted by Gasteiger charge is 2.30. The van der Waals surface area contributed by atoms with E-state index in [0.717, 1.165) is 25.9 Å². The summed E-state index contributed by atoms with van der Waals surface area (Å²) in [6, 6.07) is 9.26. The fourth-order valence-electron chi connectivity index (χ4n) is 3.57. The maximum Gasteiger partial charge on any atom is 0.238 e. The van der Waals surface area contributed by atoms with Gasteiger partial charge in [0, 0.05) is 22.3 Å². The molecule has 1 amide bonds. The van der Waals surface area contributed by atoms with E-state index in [2.05, 4.69) is 5.32 Å². The van der Waals surface area contributed by atoms with Crippen molar-refractivity contribution < 1.29 is 19.5 Å². The lowest BCUT2D eigenvalue weighted by molar-refractivity contribution is -0.117. The van der Waals surface area contributed by atoms with Crippen LogP contribution in [0.15, 0.2) is 36.4 Å². The third kappa shape index (κ3) is 2.78. The average Bonchev–Trinajstić information content (AvgIpc) is 3.14. The number of nitrogens with one attached hydrogen (secondary N) is 1. The Labute approximate surface area is 150 Å². The van der Waals surface area contributed by atoms with Crippen LogP contribution in [0.4, 0.5) is 5.69 Å². The van der Waals surface area contributed by atoms with E-state index in [4.69, 9.17) is 0 Å². The number of anilines is 1. The highest BCUT2D eigenvalue weighted by molar-refractivity contribution is 6.29. The molecule has 0 aromatic heterocycles. The van der Waals surface area contributed by atoms with E-state index in [9.17, 15) is 19.5 Å². The van der Waals surface area contributed by atoms with Crippen molar-refractivity contribution in [1.82, 2.24) is 4.90 Å². The van der Waals surface area contributed by atoms with E-state index in [1.807, 2.05) is 4.90 Å². The smallest absolute Gasteiger partial charge is 0.238 e. The fraction of sp³-hybridized carbons (Fsp3) is 0.250. The summed E-state index contributed by atoms with van der Waals surface area (Å²) in [5, 5.41) is 12.9. The van der Waals surface area contributed by atoms with Crippen LogP contribution < -0.4 is 5.32 Å². The van der Waals surface area contributed by atoms with Crippen molar-refractivity contribution in [3.8, 4) is 5.75 Å². The van der Waals surface area contributed by atoms with Crippen LogP contribution in [0, 0.1) is 0 Å². The number of fused-ring (bicyclic) bond motifs is 2. The Morgan fingerprint density at radius 1 is 0.962 bits per heavy atom. The van der Waals surface area contributed by atoms with Crippen LogP contribution in [0.2, 0.25) is 0 Å². The van der Waals surface area contributed by atoms with Crippen LogP contribution in [-0.4, -0.2) is 47.1 Å². The average molecular weight is 350 g/mol. The van der Waals surface area contributed by atoms with E-state index in [1.54, 1.807) is 24.3 Å². The van der Waals surface area contributed by atoms with Crippen LogP contribution in [0.3, 0.4) is 0 Å². The Morgan fingerprint density at radius 3 is 2.15 bits per heavy atom. The number of ketones is 2. The molecule has 2 aliphatic rings. The standard InChI is InChI=1S/C20H18N2O4/c23-17-10-15-14(19(25)12-5-1-2-6-13(12)20(15)26)9-16(17)21-18(24)11-22-7-3-4-8-22/h1-2,5-6,9-10,23H,3-4,7-8,11H2,(H,21,24). The number of carbonyl (C=O) groups excluding carboxylic acids is 3. The molecule has 1 heterocycles. The molecule has 0 saturated carbocycles. The summed E-state index contributed by atoms with van der Waals surface area (Å²) in [5.74, 6) is -1.07. The zero-order valence-corrected chi connectivity index (χ0v) is 14.1. The number of hydrogen-bond donors (Lipinski definition) is 2. The van der Waals surface area contributed by atoms with Gasteiger partial charge in [-0.25, -0.2) is 0 Å². The van der Waals surface area contributed by atoms with Crippen molar-refractivity contribution in [2.45, 2.75) is 12.8 Å². The predicted octanol–water partition coefficient (Wildman–Crippen LogP) is 2.20. The number of likely N-dealkylation sites (tertiary alicyclic amines) is 1. The number of nitrogens with zero attached hydrogens (tertiary/aromatic N) is 1. The van der Waals surface area contributed by atoms with Gasteiger partial charge in [0.05, 0.1) is 12.2 Å². The Balaban J connectivity index is 1.64. The first-order chi connectivity index (χ1) is 12.5. The van der Waals surface area contributed by atoms with Gasteiger partial charge in [-0.2, -0.15) is 0 Å². The summed E-state index contributed by atoms with van der Waals surface area (Å²) in [4.78, 5) is 39.6. The summed E-state index contributed by atoms with van der Waals surface area (Å²) in [5.41, 5.74) is 1.17. The molecule has 1 saturated heterocycles. The van der Waals surface area contributed by atoms with Crippen LogP contribution in [0.25, 0.3) is 0 Å². The zero-order valence-electron chi connectivity index (χ0n) is 14.1. The summed E-state index contributed by atoms with van der Waals surface area (Å²) < 4.78 is 0. The summed E-state index contributed by atoms with van der Waals surface area (Å²) in [6.07, 6.45) is 2.15. The number of phenols is 1. The number of hydrogen-bond acceptors (Lipinski definition) is 5. The summed E-state index contributed by atoms with van der Waals surface area (Å²) in [7, 11) is 0. The van der Waals surface area contributed by atoms with Gasteiger partial charge in [0.2, 0.25) is 5.91 Å². The van der Waals surface area contributed by atoms with Gasteiger partial charge in [-0.3, -0.25) is 19.3 Å². The Hall–Kier alpha value is -2.99. The van der Waals surface area contributed by atoms with Crippen LogP contribution in [0.1, 0.15) is 44.7 Å². The van der Waals surface area contributed by atoms with Crippen LogP contribution in [-0.2, 0) is 4.79 Å². The molecule has 0 spiro atoms. The Kier molecular flexibility index (Phi) is 4.05. The molecule has 4 rings (SSSR count). The number of carbonyl (C=O) groups is 3. The second-order valence-corrected chi connectivity index (χ2v) is 6.65. The maximum absolute atomic E-state index is 12.7. The largest absolute Gasteiger partial charge is 0.506 e. The quantitative estimate of drug-likeness (QED) is 0.707. The van der Waals surface area contributed by atoms with E-state index in [0.29, 0.717) is 11.1 Å². The van der Waals surface area contributed by atoms with Gasteiger partial charge >= 0.3 is 0 Å². The Morgan fingerprint density at radius 2 is 1.54 bits per heavy atom. The van der Waals surface area contributed by atoms with Crippen molar-refractivity contribution in [3.63, 3.8) is 0 Å². The van der Waals surface area contributed by atoms with Crippen molar-refractivity contribution in [3.05, 3.63) is 58.7 Å². The van der Waals surface area contributed by atoms with Crippen molar-refractivity contribution in [2.75, 3.05) is 25.0 Å². The number of rotatable bonds is 3. The second kappa shape index (κ2) is 6.38. The van der Waals surface area contributed by atoms with Crippen molar-refractivity contribution in [2.24, 2.45) is 0 Å². The summed E-state index contributed by atoms with van der Waals surface area (Å²) >= 11 is 0. The van der Waals surface area contributed by atoms with E-state index >= 15 is 0 Å². The normalized spacial score (nSPS) is 16.3. The molecule has 2 N–H and O–H groups in total. The molecule has 1 fully saturated rings. The SMILES string of the molecule is O=C(CN1CCCC1)Nc1cc2c(cc1O)C(=O)c1ccccc1C2=O. The third-order valence-electron chi connectivity index (χ3n) is 4.88. The lowest BCUT2D eigenvalue weighted by Gasteiger charge is -2.19. The van der Waals surface area contributed by atoms with Gasteiger partial charge in [0.25, 0.3) is 0 Å². The molecule has 0 atom stereocenters. The van der Waals surface area contributed by atoms with Gasteiger partial charge in [0.1, 0.15) is 5.75 Å². The van der Waals surface area contributed by atoms with E-state index < -0.39 is 0 Å². The molecule has 132 valence electrons. The molecular weight excluding hydrogens is 332 g/mol. The predicted molar refractivity (Wildman–Crippen MR) is 95.7 cm³/mol. The number of benzene rings is 2. The van der Waals surface area contributed by atoms with Gasteiger partial charge in [-0.15, -0.1) is 0 Å². The van der Waals surface area contributed by atoms with Gasteiger partial charge in [-0.1, -0.05) is 24.3 Å². The highest BCUT2D eigenvalue weighted by Crippen LogP contribution is 2.34. The first kappa shape index (κ1) is 16.5. The van der Waals surface area contributed by atoms with Crippen molar-refractivity contribution in [1.29, 1.82) is 0 Å². The molecule has 6 nitrogen and oxygen atoms in total. The Bertz CT molecular complexity index is 929. The minimum Gasteiger partial charge on any atom is -0.506 e. The van der Waals surface area contributed by atoms with Gasteiger partial charge < -0.3 is 10.4 Å². The lowest BCUT2D eigenvalue weighted by atomic mass is 9.83.